The minimum Gasteiger partial charge on any atom is -0.469 e. The molecule has 0 radical (unpaired) electrons. The molecule has 6 nitrogen and oxygen atoms in total. The van der Waals surface area contributed by atoms with Gasteiger partial charge in [-0.05, 0) is 42.7 Å². The number of carbonyl (C=O) groups excluding carboxylic acids is 2. The summed E-state index contributed by atoms with van der Waals surface area (Å²) in [4.78, 5) is 29.8. The molecule has 0 atom stereocenters. The summed E-state index contributed by atoms with van der Waals surface area (Å²) in [5, 5.41) is 6.78. The lowest BCUT2D eigenvalue weighted by molar-refractivity contribution is -0.139. The number of ether oxygens (including phenoxy) is 1. The van der Waals surface area contributed by atoms with Gasteiger partial charge in [-0.25, -0.2) is 4.99 Å². The number of fused-ring (bicyclic) bond motifs is 1. The van der Waals surface area contributed by atoms with E-state index >= 15 is 0 Å². The number of esters is 1. The van der Waals surface area contributed by atoms with Crippen LogP contribution in [0.3, 0.4) is 0 Å². The first kappa shape index (κ1) is 21.0. The fourth-order valence-corrected chi connectivity index (χ4v) is 3.82. The Morgan fingerprint density at radius 3 is 2.79 bits per heavy atom. The van der Waals surface area contributed by atoms with Crippen LogP contribution >= 0.6 is 23.5 Å². The normalized spacial score (nSPS) is 12.6. The lowest BCUT2D eigenvalue weighted by Crippen LogP contribution is -2.15. The minimum absolute atomic E-state index is 0.0953. The number of methoxy groups -OCH3 is 1. The molecule has 1 aliphatic rings. The van der Waals surface area contributed by atoms with E-state index in [1.807, 2.05) is 54.8 Å². The molecular weight excluding hydrogens is 406 g/mol. The molecule has 1 heterocycles. The van der Waals surface area contributed by atoms with Crippen molar-refractivity contribution in [1.82, 2.24) is 0 Å². The predicted molar refractivity (Wildman–Crippen MR) is 121 cm³/mol. The van der Waals surface area contributed by atoms with E-state index in [2.05, 4.69) is 15.6 Å². The zero-order valence-corrected chi connectivity index (χ0v) is 17.7. The van der Waals surface area contributed by atoms with Crippen LogP contribution in [0.1, 0.15) is 6.42 Å². The van der Waals surface area contributed by atoms with Crippen LogP contribution in [-0.4, -0.2) is 36.0 Å². The molecule has 0 spiro atoms. The number of hydrogen-bond donors (Lipinski definition) is 2. The zero-order chi connectivity index (χ0) is 20.6. The molecule has 0 bridgehead atoms. The quantitative estimate of drug-likeness (QED) is 0.515. The molecule has 3 rings (SSSR count). The molecule has 0 saturated heterocycles. The number of carbonyl (C=O) groups is 2. The van der Waals surface area contributed by atoms with Crippen LogP contribution in [-0.2, 0) is 14.3 Å². The maximum absolute atomic E-state index is 12.4. The van der Waals surface area contributed by atoms with Crippen molar-refractivity contribution in [2.24, 2.45) is 4.99 Å². The van der Waals surface area contributed by atoms with Crippen LogP contribution in [0.2, 0.25) is 0 Å². The maximum Gasteiger partial charge on any atom is 0.311 e. The average molecular weight is 428 g/mol. The van der Waals surface area contributed by atoms with E-state index in [9.17, 15) is 9.59 Å². The Morgan fingerprint density at radius 1 is 1.17 bits per heavy atom. The van der Waals surface area contributed by atoms with Gasteiger partial charge >= 0.3 is 5.97 Å². The highest BCUT2D eigenvalue weighted by atomic mass is 32.2. The first-order chi connectivity index (χ1) is 14.1. The van der Waals surface area contributed by atoms with Gasteiger partial charge < -0.3 is 15.4 Å². The molecule has 0 fully saturated rings. The number of thioether (sulfide) groups is 2. The Balaban J connectivity index is 1.71. The Kier molecular flexibility index (Phi) is 7.37. The topological polar surface area (TPSA) is 79.8 Å². The Labute approximate surface area is 178 Å². The fraction of sp³-hybridized carbons (Fsp3) is 0.190. The smallest absolute Gasteiger partial charge is 0.311 e. The van der Waals surface area contributed by atoms with Gasteiger partial charge in [-0.3, -0.25) is 9.59 Å². The molecule has 1 amide bonds. The van der Waals surface area contributed by atoms with Gasteiger partial charge in [0, 0.05) is 16.3 Å². The highest BCUT2D eigenvalue weighted by Gasteiger charge is 2.15. The van der Waals surface area contributed by atoms with E-state index in [1.165, 1.54) is 18.9 Å². The van der Waals surface area contributed by atoms with Gasteiger partial charge in [-0.2, -0.15) is 0 Å². The van der Waals surface area contributed by atoms with E-state index in [0.717, 1.165) is 22.0 Å². The molecule has 8 heteroatoms. The molecule has 0 aromatic heterocycles. The molecule has 150 valence electrons. The molecule has 0 unspecified atom stereocenters. The second-order valence-electron chi connectivity index (χ2n) is 6.08. The highest BCUT2D eigenvalue weighted by Crippen LogP contribution is 2.31. The van der Waals surface area contributed by atoms with Crippen molar-refractivity contribution in [3.63, 3.8) is 0 Å². The molecule has 0 aliphatic carbocycles. The number of aliphatic imine (C=N–C) groups is 1. The average Bonchev–Trinajstić information content (AvgIpc) is 2.90. The number of hydrogen-bond acceptors (Lipinski definition) is 7. The summed E-state index contributed by atoms with van der Waals surface area (Å²) in [5.74, 6) is -0.268. The standard InChI is InChI=1S/C21H21N3O3S2/c1-27-21(26)12-15-11-20(24-18-9-4-3-8-17(18)22-15)29-13-19(25)23-14-6-5-7-16(10-14)28-2/h3-11,22H,12-13H2,1-2H3,(H,23,25). The van der Waals surface area contributed by atoms with Crippen LogP contribution in [0.5, 0.6) is 0 Å². The van der Waals surface area contributed by atoms with E-state index in [1.54, 1.807) is 17.8 Å². The second kappa shape index (κ2) is 10.2. The fourth-order valence-electron chi connectivity index (χ4n) is 2.62. The summed E-state index contributed by atoms with van der Waals surface area (Å²) in [5.41, 5.74) is 2.98. The van der Waals surface area contributed by atoms with Gasteiger partial charge in [0.25, 0.3) is 0 Å². The second-order valence-corrected chi connectivity index (χ2v) is 7.96. The van der Waals surface area contributed by atoms with Crippen molar-refractivity contribution in [2.45, 2.75) is 11.3 Å². The van der Waals surface area contributed by atoms with Gasteiger partial charge in [0.15, 0.2) is 0 Å². The summed E-state index contributed by atoms with van der Waals surface area (Å²) in [6.45, 7) is 0. The largest absolute Gasteiger partial charge is 0.469 e. The molecule has 1 aliphatic heterocycles. The van der Waals surface area contributed by atoms with E-state index < -0.39 is 0 Å². The number of nitrogens with one attached hydrogen (secondary N) is 2. The van der Waals surface area contributed by atoms with Crippen LogP contribution in [0.15, 0.2) is 70.2 Å². The lowest BCUT2D eigenvalue weighted by Gasteiger charge is -2.09. The monoisotopic (exact) mass is 427 g/mol. The number of nitrogens with zero attached hydrogens (tertiary/aromatic N) is 1. The lowest BCUT2D eigenvalue weighted by atomic mass is 10.2. The van der Waals surface area contributed by atoms with Crippen LogP contribution < -0.4 is 10.6 Å². The maximum atomic E-state index is 12.4. The number of para-hydroxylation sites is 2. The third-order valence-electron chi connectivity index (χ3n) is 3.99. The van der Waals surface area contributed by atoms with Crippen molar-refractivity contribution in [3.8, 4) is 0 Å². The van der Waals surface area contributed by atoms with E-state index in [4.69, 9.17) is 4.74 Å². The predicted octanol–water partition coefficient (Wildman–Crippen LogP) is 4.68. The zero-order valence-electron chi connectivity index (χ0n) is 16.1. The molecule has 29 heavy (non-hydrogen) atoms. The minimum atomic E-state index is -0.348. The summed E-state index contributed by atoms with van der Waals surface area (Å²) in [6.07, 6.45) is 3.87. The van der Waals surface area contributed by atoms with Gasteiger partial charge in [-0.1, -0.05) is 30.0 Å². The third kappa shape index (κ3) is 6.13. The van der Waals surface area contributed by atoms with Crippen molar-refractivity contribution in [3.05, 3.63) is 60.3 Å². The molecule has 2 aromatic rings. The summed E-state index contributed by atoms with van der Waals surface area (Å²) in [6, 6.07) is 15.3. The first-order valence-electron chi connectivity index (χ1n) is 8.86. The molecule has 2 aromatic carbocycles. The SMILES string of the molecule is COC(=O)CC1=CC(SCC(=O)Nc2cccc(SC)c2)=Nc2ccccc2N1. The number of anilines is 2. The van der Waals surface area contributed by atoms with E-state index in [-0.39, 0.29) is 24.1 Å². The Bertz CT molecular complexity index is 973. The Hall–Kier alpha value is -2.71. The number of benzene rings is 2. The van der Waals surface area contributed by atoms with E-state index in [0.29, 0.717) is 10.7 Å². The summed E-state index contributed by atoms with van der Waals surface area (Å²) >= 11 is 2.93. The van der Waals surface area contributed by atoms with Crippen molar-refractivity contribution in [1.29, 1.82) is 0 Å². The Morgan fingerprint density at radius 2 is 2.00 bits per heavy atom. The van der Waals surface area contributed by atoms with Crippen molar-refractivity contribution in [2.75, 3.05) is 29.8 Å². The van der Waals surface area contributed by atoms with Gasteiger partial charge in [-0.15, -0.1) is 11.8 Å². The van der Waals surface area contributed by atoms with Crippen LogP contribution in [0, 0.1) is 0 Å². The molecule has 2 N–H and O–H groups in total. The van der Waals surface area contributed by atoms with Gasteiger partial charge in [0.2, 0.25) is 5.91 Å². The number of amides is 1. The highest BCUT2D eigenvalue weighted by molar-refractivity contribution is 8.14. The number of rotatable bonds is 6. The third-order valence-corrected chi connectivity index (χ3v) is 5.63. The first-order valence-corrected chi connectivity index (χ1v) is 11.1. The van der Waals surface area contributed by atoms with Gasteiger partial charge in [0.1, 0.15) is 0 Å². The summed E-state index contributed by atoms with van der Waals surface area (Å²) < 4.78 is 4.77. The van der Waals surface area contributed by atoms with Crippen LogP contribution in [0.25, 0.3) is 0 Å². The molecule has 0 saturated carbocycles. The van der Waals surface area contributed by atoms with Crippen molar-refractivity contribution >= 4 is 57.5 Å². The molecular formula is C21H21N3O3S2. The van der Waals surface area contributed by atoms with Crippen molar-refractivity contribution < 1.29 is 14.3 Å². The van der Waals surface area contributed by atoms with Gasteiger partial charge in [0.05, 0.1) is 35.7 Å². The van der Waals surface area contributed by atoms with Crippen LogP contribution in [0.4, 0.5) is 17.1 Å². The summed E-state index contributed by atoms with van der Waals surface area (Å²) in [7, 11) is 1.35.